The molecule has 0 aliphatic carbocycles. The number of benzene rings is 1. The molecule has 0 heterocycles. The van der Waals surface area contributed by atoms with Crippen LogP contribution in [0.4, 0.5) is 5.69 Å². The fraction of sp³-hybridized carbons (Fsp3) is 0.462. The van der Waals surface area contributed by atoms with Crippen LogP contribution in [-0.2, 0) is 0 Å². The van der Waals surface area contributed by atoms with Crippen LogP contribution < -0.4 is 10.0 Å². The maximum atomic E-state index is 5.26. The number of aliphatic imine (C=N–C) groups is 1. The molecule has 0 saturated heterocycles. The van der Waals surface area contributed by atoms with E-state index in [2.05, 4.69) is 35.0 Å². The van der Waals surface area contributed by atoms with E-state index >= 15 is 0 Å². The quantitative estimate of drug-likeness (QED) is 0.581. The predicted molar refractivity (Wildman–Crippen MR) is 74.8 cm³/mol. The van der Waals surface area contributed by atoms with E-state index in [0.717, 1.165) is 29.6 Å². The number of hydrogen-bond donors (Lipinski definition) is 0. The zero-order chi connectivity index (χ0) is 12.1. The van der Waals surface area contributed by atoms with Gasteiger partial charge in [-0.1, -0.05) is 13.3 Å². The topological polar surface area (TPSA) is 21.6 Å². The second-order valence-corrected chi connectivity index (χ2v) is 4.50. The number of nitrogens with zero attached hydrogens (tertiary/aromatic N) is 1. The van der Waals surface area contributed by atoms with Crippen LogP contribution in [0.15, 0.2) is 17.1 Å². The summed E-state index contributed by atoms with van der Waals surface area (Å²) in [4.78, 5) is 4.63. The van der Waals surface area contributed by atoms with Crippen molar-refractivity contribution in [2.24, 2.45) is 4.99 Å². The lowest BCUT2D eigenvalue weighted by molar-refractivity contribution is 0.418. The van der Waals surface area contributed by atoms with Gasteiger partial charge in [0.05, 0.1) is 12.8 Å². The van der Waals surface area contributed by atoms with Crippen LogP contribution in [0.2, 0.25) is 0 Å². The minimum atomic E-state index is 0.898. The molecule has 0 saturated carbocycles. The molecule has 0 fully saturated rings. The van der Waals surface area contributed by atoms with Gasteiger partial charge in [-0.25, -0.2) is 0 Å². The molecular weight excluding hydrogens is 217 g/mol. The molecule has 3 heteroatoms. The van der Waals surface area contributed by atoms with E-state index in [9.17, 15) is 0 Å². The zero-order valence-electron chi connectivity index (χ0n) is 10.5. The molecule has 1 aromatic rings. The molecule has 88 valence electrons. The van der Waals surface area contributed by atoms with Crippen LogP contribution in [0.25, 0.3) is 0 Å². The van der Waals surface area contributed by atoms with Gasteiger partial charge in [-0.3, -0.25) is 4.99 Å². The highest BCUT2D eigenvalue weighted by atomic mass is 31.0. The number of methoxy groups -OCH3 is 1. The van der Waals surface area contributed by atoms with Crippen LogP contribution in [0.1, 0.15) is 32.3 Å². The predicted octanol–water partition coefficient (Wildman–Crippen LogP) is 3.40. The molecule has 1 atom stereocenters. The third-order valence-corrected chi connectivity index (χ3v) is 3.31. The molecule has 2 nitrogen and oxygen atoms in total. The number of rotatable bonds is 4. The SMILES string of the molecule is CCCC(C)=Nc1ccc(OC)c(P)c1C. The minimum Gasteiger partial charge on any atom is -0.496 e. The van der Waals surface area contributed by atoms with Crippen molar-refractivity contribution in [1.82, 2.24) is 0 Å². The Bertz CT molecular complexity index is 399. The summed E-state index contributed by atoms with van der Waals surface area (Å²) < 4.78 is 5.26. The van der Waals surface area contributed by atoms with E-state index < -0.39 is 0 Å². The Hall–Kier alpha value is -0.880. The van der Waals surface area contributed by atoms with Gasteiger partial charge in [0.1, 0.15) is 5.75 Å². The summed E-state index contributed by atoms with van der Waals surface area (Å²) in [7, 11) is 4.41. The Kier molecular flexibility index (Phi) is 4.95. The maximum absolute atomic E-state index is 5.26. The highest BCUT2D eigenvalue weighted by Gasteiger charge is 2.06. The van der Waals surface area contributed by atoms with E-state index in [-0.39, 0.29) is 0 Å². The van der Waals surface area contributed by atoms with E-state index in [1.807, 2.05) is 12.1 Å². The molecule has 0 amide bonds. The minimum absolute atomic E-state index is 0.898. The van der Waals surface area contributed by atoms with E-state index in [1.165, 1.54) is 11.3 Å². The first kappa shape index (κ1) is 13.2. The fourth-order valence-corrected chi connectivity index (χ4v) is 1.98. The smallest absolute Gasteiger partial charge is 0.126 e. The summed E-state index contributed by atoms with van der Waals surface area (Å²) in [5.74, 6) is 0.898. The van der Waals surface area contributed by atoms with Crippen molar-refractivity contribution in [2.45, 2.75) is 33.6 Å². The van der Waals surface area contributed by atoms with Gasteiger partial charge in [0.15, 0.2) is 0 Å². The second kappa shape index (κ2) is 6.00. The standard InChI is InChI=1S/C13H20NOP/c1-5-6-9(2)14-11-7-8-12(15-4)13(16)10(11)3/h7-8H,5-6,16H2,1-4H3. The highest BCUT2D eigenvalue weighted by Crippen LogP contribution is 2.24. The highest BCUT2D eigenvalue weighted by molar-refractivity contribution is 7.28. The third kappa shape index (κ3) is 3.05. The van der Waals surface area contributed by atoms with Crippen LogP contribution >= 0.6 is 9.24 Å². The first-order valence-corrected chi connectivity index (χ1v) is 6.15. The van der Waals surface area contributed by atoms with Crippen molar-refractivity contribution in [1.29, 1.82) is 0 Å². The van der Waals surface area contributed by atoms with Crippen molar-refractivity contribution in [3.63, 3.8) is 0 Å². The van der Waals surface area contributed by atoms with Gasteiger partial charge >= 0.3 is 0 Å². The lowest BCUT2D eigenvalue weighted by atomic mass is 10.1. The second-order valence-electron chi connectivity index (χ2n) is 3.92. The lowest BCUT2D eigenvalue weighted by Gasteiger charge is -2.10. The van der Waals surface area contributed by atoms with Gasteiger partial charge in [-0.15, -0.1) is 9.24 Å². The molecule has 0 bridgehead atoms. The Morgan fingerprint density at radius 3 is 2.69 bits per heavy atom. The summed E-state index contributed by atoms with van der Waals surface area (Å²) in [6.45, 7) is 6.32. The van der Waals surface area contributed by atoms with Gasteiger partial charge in [0.2, 0.25) is 0 Å². The summed E-state index contributed by atoms with van der Waals surface area (Å²) in [5.41, 5.74) is 3.39. The van der Waals surface area contributed by atoms with Crippen LogP contribution in [0.5, 0.6) is 5.75 Å². The van der Waals surface area contributed by atoms with Gasteiger partial charge in [0, 0.05) is 11.0 Å². The van der Waals surface area contributed by atoms with Crippen molar-refractivity contribution in [3.8, 4) is 5.75 Å². The van der Waals surface area contributed by atoms with Crippen LogP contribution in [0.3, 0.4) is 0 Å². The monoisotopic (exact) mass is 237 g/mol. The van der Waals surface area contributed by atoms with Gasteiger partial charge in [0.25, 0.3) is 0 Å². The molecule has 0 N–H and O–H groups in total. The van der Waals surface area contributed by atoms with Crippen LogP contribution in [-0.4, -0.2) is 12.8 Å². The molecule has 1 rings (SSSR count). The summed E-state index contributed by atoms with van der Waals surface area (Å²) >= 11 is 0. The van der Waals surface area contributed by atoms with E-state index in [1.54, 1.807) is 7.11 Å². The lowest BCUT2D eigenvalue weighted by Crippen LogP contribution is -2.03. The van der Waals surface area contributed by atoms with Crippen molar-refractivity contribution in [3.05, 3.63) is 17.7 Å². The maximum Gasteiger partial charge on any atom is 0.126 e. The van der Waals surface area contributed by atoms with Crippen molar-refractivity contribution >= 4 is 25.9 Å². The molecule has 0 spiro atoms. The Labute approximate surface area is 100 Å². The summed E-state index contributed by atoms with van der Waals surface area (Å²) in [6, 6.07) is 3.98. The summed E-state index contributed by atoms with van der Waals surface area (Å²) in [5, 5.41) is 1.09. The van der Waals surface area contributed by atoms with E-state index in [4.69, 9.17) is 4.74 Å². The van der Waals surface area contributed by atoms with Crippen molar-refractivity contribution < 1.29 is 4.74 Å². The average molecular weight is 237 g/mol. The molecule has 0 radical (unpaired) electrons. The first-order valence-electron chi connectivity index (χ1n) is 5.57. The fourth-order valence-electron chi connectivity index (χ4n) is 1.61. The van der Waals surface area contributed by atoms with Gasteiger partial charge in [-0.2, -0.15) is 0 Å². The molecule has 16 heavy (non-hydrogen) atoms. The number of ether oxygens (including phenoxy) is 1. The average Bonchev–Trinajstić information content (AvgIpc) is 2.25. The molecule has 1 unspecified atom stereocenters. The molecular formula is C13H20NOP. The third-order valence-electron chi connectivity index (χ3n) is 2.59. The number of hydrogen-bond acceptors (Lipinski definition) is 2. The zero-order valence-corrected chi connectivity index (χ0v) is 11.7. The molecule has 0 aromatic heterocycles. The first-order chi connectivity index (χ1) is 7.60. The van der Waals surface area contributed by atoms with Gasteiger partial charge < -0.3 is 4.74 Å². The Morgan fingerprint density at radius 2 is 2.12 bits per heavy atom. The van der Waals surface area contributed by atoms with Gasteiger partial charge in [-0.05, 0) is 38.0 Å². The van der Waals surface area contributed by atoms with Crippen molar-refractivity contribution in [2.75, 3.05) is 7.11 Å². The normalized spacial score (nSPS) is 11.7. The Morgan fingerprint density at radius 1 is 1.44 bits per heavy atom. The Balaban J connectivity index is 3.08. The molecule has 0 aliphatic rings. The summed E-state index contributed by atoms with van der Waals surface area (Å²) in [6.07, 6.45) is 2.19. The van der Waals surface area contributed by atoms with E-state index in [0.29, 0.717) is 0 Å². The molecule has 0 aliphatic heterocycles. The molecule has 1 aromatic carbocycles. The van der Waals surface area contributed by atoms with Crippen LogP contribution in [0, 0.1) is 6.92 Å². The largest absolute Gasteiger partial charge is 0.496 e.